The Kier molecular flexibility index (Phi) is 7.45. The minimum Gasteiger partial charge on any atom is -0.495 e. The summed E-state index contributed by atoms with van der Waals surface area (Å²) < 4.78 is 34.2. The highest BCUT2D eigenvalue weighted by molar-refractivity contribution is 7.92. The molecule has 12 heteroatoms. The highest BCUT2D eigenvalue weighted by Crippen LogP contribution is 2.45. The quantitative estimate of drug-likeness (QED) is 0.249. The van der Waals surface area contributed by atoms with Crippen molar-refractivity contribution in [2.75, 3.05) is 23.0 Å². The molecule has 212 valence electrons. The standard InChI is InChI=1S/C29H29N5O5S2/c1-17-15-22(18(2)33(17)20-10-8-19(9-11-20)28(35)36)27-26(23-7-5-6-14-30-23)31-29(40)34(27)21-12-13-25(39-3)24(16-21)32-41(4,37)38/h5-16,26-27,32H,1-4H3,(H,31,40)(H,35,36)/t26-,27-/m0/s1. The fourth-order valence-electron chi connectivity index (χ4n) is 5.31. The van der Waals surface area contributed by atoms with Gasteiger partial charge in [0.25, 0.3) is 0 Å². The minimum absolute atomic E-state index is 0.209. The van der Waals surface area contributed by atoms with Crippen molar-refractivity contribution in [1.29, 1.82) is 0 Å². The number of aromatic carboxylic acids is 1. The summed E-state index contributed by atoms with van der Waals surface area (Å²) in [6.07, 6.45) is 2.81. The van der Waals surface area contributed by atoms with E-state index in [2.05, 4.69) is 25.7 Å². The topological polar surface area (TPSA) is 126 Å². The largest absolute Gasteiger partial charge is 0.495 e. The SMILES string of the molecule is COc1ccc(N2C(=S)N[C@@H](c3ccccn3)[C@@H]2c2cc(C)n(-c3ccc(C(=O)O)cc3)c2C)cc1NS(C)(=O)=O. The molecule has 0 spiro atoms. The summed E-state index contributed by atoms with van der Waals surface area (Å²) in [6.45, 7) is 4.00. The molecule has 0 radical (unpaired) electrons. The maximum atomic E-state index is 12.1. The van der Waals surface area contributed by atoms with Crippen molar-refractivity contribution in [3.8, 4) is 11.4 Å². The number of carboxylic acids is 1. The maximum Gasteiger partial charge on any atom is 0.335 e. The second kappa shape index (κ2) is 10.9. The third-order valence-corrected chi connectivity index (χ3v) is 7.92. The molecule has 2 atom stereocenters. The second-order valence-electron chi connectivity index (χ2n) is 9.77. The summed E-state index contributed by atoms with van der Waals surface area (Å²) in [6, 6.07) is 19.1. The van der Waals surface area contributed by atoms with Gasteiger partial charge in [0, 0.05) is 29.0 Å². The number of benzene rings is 2. The van der Waals surface area contributed by atoms with Gasteiger partial charge in [-0.15, -0.1) is 0 Å². The van der Waals surface area contributed by atoms with Crippen LogP contribution in [0.5, 0.6) is 5.75 Å². The summed E-state index contributed by atoms with van der Waals surface area (Å²) in [5, 5.41) is 13.2. The number of nitrogens with zero attached hydrogens (tertiary/aromatic N) is 3. The molecule has 1 fully saturated rings. The monoisotopic (exact) mass is 591 g/mol. The Hall–Kier alpha value is -4.42. The lowest BCUT2D eigenvalue weighted by atomic mass is 9.96. The zero-order chi connectivity index (χ0) is 29.5. The van der Waals surface area contributed by atoms with Crippen molar-refractivity contribution < 1.29 is 23.1 Å². The first-order chi connectivity index (χ1) is 19.5. The average Bonchev–Trinajstić information content (AvgIpc) is 3.43. The van der Waals surface area contributed by atoms with Crippen molar-refractivity contribution in [1.82, 2.24) is 14.9 Å². The van der Waals surface area contributed by atoms with E-state index < -0.39 is 16.0 Å². The van der Waals surface area contributed by atoms with Crippen LogP contribution in [0.2, 0.25) is 0 Å². The molecule has 1 saturated heterocycles. The highest BCUT2D eigenvalue weighted by atomic mass is 32.2. The number of anilines is 2. The molecule has 3 heterocycles. The fourth-order valence-corrected chi connectivity index (χ4v) is 6.22. The van der Waals surface area contributed by atoms with E-state index in [0.29, 0.717) is 22.2 Å². The number of carbonyl (C=O) groups is 1. The summed E-state index contributed by atoms with van der Waals surface area (Å²) in [5.74, 6) is -0.611. The Morgan fingerprint density at radius 1 is 1.07 bits per heavy atom. The lowest BCUT2D eigenvalue weighted by Gasteiger charge is -2.29. The van der Waals surface area contributed by atoms with Crippen LogP contribution < -0.4 is 19.7 Å². The highest BCUT2D eigenvalue weighted by Gasteiger charge is 2.42. The lowest BCUT2D eigenvalue weighted by Crippen LogP contribution is -2.29. The Balaban J connectivity index is 1.66. The van der Waals surface area contributed by atoms with E-state index in [-0.39, 0.29) is 17.6 Å². The molecule has 0 amide bonds. The van der Waals surface area contributed by atoms with E-state index in [0.717, 1.165) is 34.6 Å². The zero-order valence-corrected chi connectivity index (χ0v) is 24.5. The molecule has 2 aromatic heterocycles. The third kappa shape index (κ3) is 5.48. The van der Waals surface area contributed by atoms with Crippen LogP contribution in [-0.2, 0) is 10.0 Å². The maximum absolute atomic E-state index is 12.1. The predicted octanol–water partition coefficient (Wildman–Crippen LogP) is 4.74. The molecular formula is C29H29N5O5S2. The van der Waals surface area contributed by atoms with Crippen molar-refractivity contribution >= 4 is 44.7 Å². The van der Waals surface area contributed by atoms with Gasteiger partial charge in [0.05, 0.1) is 42.4 Å². The predicted molar refractivity (Wildman–Crippen MR) is 162 cm³/mol. The van der Waals surface area contributed by atoms with Crippen LogP contribution in [0, 0.1) is 13.8 Å². The number of methoxy groups -OCH3 is 1. The molecule has 0 aliphatic carbocycles. The van der Waals surface area contributed by atoms with Gasteiger partial charge in [-0.3, -0.25) is 9.71 Å². The molecular weight excluding hydrogens is 562 g/mol. The second-order valence-corrected chi connectivity index (χ2v) is 11.9. The Morgan fingerprint density at radius 2 is 1.78 bits per heavy atom. The average molecular weight is 592 g/mol. The van der Waals surface area contributed by atoms with E-state index in [4.69, 9.17) is 17.0 Å². The van der Waals surface area contributed by atoms with Gasteiger partial charge in [-0.2, -0.15) is 0 Å². The van der Waals surface area contributed by atoms with Gasteiger partial charge in [0.15, 0.2) is 5.11 Å². The van der Waals surface area contributed by atoms with Crippen LogP contribution in [0.25, 0.3) is 5.69 Å². The number of rotatable bonds is 8. The number of aromatic nitrogens is 2. The van der Waals surface area contributed by atoms with Crippen molar-refractivity contribution in [2.24, 2.45) is 0 Å². The summed E-state index contributed by atoms with van der Waals surface area (Å²) >= 11 is 5.86. The molecule has 10 nitrogen and oxygen atoms in total. The number of aryl methyl sites for hydroxylation is 1. The van der Waals surface area contributed by atoms with Crippen LogP contribution in [0.1, 0.15) is 45.1 Å². The van der Waals surface area contributed by atoms with Crippen LogP contribution in [0.4, 0.5) is 11.4 Å². The van der Waals surface area contributed by atoms with E-state index in [1.165, 1.54) is 7.11 Å². The minimum atomic E-state index is -3.58. The smallest absolute Gasteiger partial charge is 0.335 e. The van der Waals surface area contributed by atoms with Crippen molar-refractivity contribution in [3.05, 3.63) is 101 Å². The van der Waals surface area contributed by atoms with Gasteiger partial charge >= 0.3 is 5.97 Å². The van der Waals surface area contributed by atoms with Crippen LogP contribution in [0.3, 0.4) is 0 Å². The Bertz CT molecular complexity index is 1740. The number of pyridine rings is 1. The first-order valence-electron chi connectivity index (χ1n) is 12.7. The van der Waals surface area contributed by atoms with Gasteiger partial charge in [0.2, 0.25) is 10.0 Å². The number of nitrogens with one attached hydrogen (secondary N) is 2. The zero-order valence-electron chi connectivity index (χ0n) is 22.8. The van der Waals surface area contributed by atoms with E-state index in [9.17, 15) is 18.3 Å². The third-order valence-electron chi connectivity index (χ3n) is 7.02. The number of hydrogen-bond donors (Lipinski definition) is 3. The van der Waals surface area contributed by atoms with Gasteiger partial charge in [-0.05, 0) is 92.3 Å². The Morgan fingerprint density at radius 3 is 2.39 bits per heavy atom. The number of ether oxygens (including phenoxy) is 1. The number of hydrogen-bond acceptors (Lipinski definition) is 6. The molecule has 41 heavy (non-hydrogen) atoms. The summed E-state index contributed by atoms with van der Waals surface area (Å²) in [5.41, 5.74) is 5.65. The van der Waals surface area contributed by atoms with Gasteiger partial charge in [-0.1, -0.05) is 6.07 Å². The van der Waals surface area contributed by atoms with Crippen molar-refractivity contribution in [3.63, 3.8) is 0 Å². The van der Waals surface area contributed by atoms with Crippen LogP contribution >= 0.6 is 12.2 Å². The van der Waals surface area contributed by atoms with E-state index in [1.54, 1.807) is 42.6 Å². The van der Waals surface area contributed by atoms with Gasteiger partial charge in [-0.25, -0.2) is 13.2 Å². The lowest BCUT2D eigenvalue weighted by molar-refractivity contribution is 0.0697. The molecule has 0 bridgehead atoms. The Labute approximate surface area is 243 Å². The molecule has 5 rings (SSSR count). The molecule has 2 aromatic carbocycles. The van der Waals surface area contributed by atoms with Gasteiger partial charge < -0.3 is 24.6 Å². The van der Waals surface area contributed by atoms with E-state index in [1.807, 2.05) is 43.0 Å². The number of carboxylic acid groups (broad SMARTS) is 1. The molecule has 0 unspecified atom stereocenters. The molecule has 0 saturated carbocycles. The molecule has 4 aromatic rings. The summed E-state index contributed by atoms with van der Waals surface area (Å²) in [4.78, 5) is 18.0. The van der Waals surface area contributed by atoms with Gasteiger partial charge in [0.1, 0.15) is 5.75 Å². The first kappa shape index (κ1) is 28.1. The summed E-state index contributed by atoms with van der Waals surface area (Å²) in [7, 11) is -2.10. The fraction of sp³-hybridized carbons (Fsp3) is 0.207. The molecule has 1 aliphatic heterocycles. The molecule has 3 N–H and O–H groups in total. The number of thiocarbonyl (C=S) groups is 1. The van der Waals surface area contributed by atoms with Crippen LogP contribution in [-0.4, -0.2) is 47.5 Å². The number of sulfonamides is 1. The first-order valence-corrected chi connectivity index (χ1v) is 15.0. The normalized spacial score (nSPS) is 16.9. The van der Waals surface area contributed by atoms with Crippen molar-refractivity contribution in [2.45, 2.75) is 25.9 Å². The van der Waals surface area contributed by atoms with E-state index >= 15 is 0 Å². The van der Waals surface area contributed by atoms with Crippen LogP contribution in [0.15, 0.2) is 72.9 Å². The molecule has 1 aliphatic rings.